The Bertz CT molecular complexity index is 1260. The second-order valence-electron chi connectivity index (χ2n) is 10.1. The molecule has 0 saturated heterocycles. The van der Waals surface area contributed by atoms with E-state index in [0.717, 1.165) is 79.1 Å². The summed E-state index contributed by atoms with van der Waals surface area (Å²) >= 11 is 3.76. The van der Waals surface area contributed by atoms with Gasteiger partial charge in [0.1, 0.15) is 5.76 Å². The molecule has 33 heavy (non-hydrogen) atoms. The van der Waals surface area contributed by atoms with Gasteiger partial charge in [-0.1, -0.05) is 15.9 Å². The van der Waals surface area contributed by atoms with Crippen molar-refractivity contribution in [1.82, 2.24) is 4.72 Å². The van der Waals surface area contributed by atoms with Crippen LogP contribution in [-0.4, -0.2) is 19.6 Å². The summed E-state index contributed by atoms with van der Waals surface area (Å²) in [5.41, 5.74) is 4.84. The molecule has 2 aromatic rings. The summed E-state index contributed by atoms with van der Waals surface area (Å²) in [7, 11) is -4.23. The highest BCUT2D eigenvalue weighted by atomic mass is 79.9. The van der Waals surface area contributed by atoms with Gasteiger partial charge >= 0.3 is 6.03 Å². The number of anilines is 1. The fourth-order valence-electron chi connectivity index (χ4n) is 6.51. The fourth-order valence-corrected chi connectivity index (χ4v) is 8.26. The van der Waals surface area contributed by atoms with Crippen molar-refractivity contribution in [3.63, 3.8) is 0 Å². The highest BCUT2D eigenvalue weighted by molar-refractivity contribution is 9.10. The number of nitrogens with one attached hydrogen (secondary N) is 2. The second kappa shape index (κ2) is 7.33. The van der Waals surface area contributed by atoms with E-state index in [1.54, 1.807) is 6.92 Å². The number of amides is 2. The number of furan rings is 1. The largest absolute Gasteiger partial charge is 0.447 e. The van der Waals surface area contributed by atoms with Gasteiger partial charge in [0.05, 0.1) is 5.60 Å². The van der Waals surface area contributed by atoms with E-state index >= 15 is 0 Å². The maximum Gasteiger partial charge on any atom is 0.333 e. The van der Waals surface area contributed by atoms with Crippen LogP contribution in [0.2, 0.25) is 0 Å². The molecule has 2 amide bonds. The first-order chi connectivity index (χ1) is 15.7. The zero-order valence-electron chi connectivity index (χ0n) is 18.5. The minimum atomic E-state index is -4.23. The van der Waals surface area contributed by atoms with E-state index in [9.17, 15) is 18.3 Å². The minimum absolute atomic E-state index is 0.0982. The van der Waals surface area contributed by atoms with Gasteiger partial charge in [-0.05, 0) is 92.9 Å². The molecule has 1 saturated carbocycles. The Kier molecular flexibility index (Phi) is 4.81. The summed E-state index contributed by atoms with van der Waals surface area (Å²) in [5, 5.41) is 13.6. The Balaban J connectivity index is 1.29. The molecule has 0 radical (unpaired) electrons. The first-order valence-corrected chi connectivity index (χ1v) is 14.0. The molecule has 1 aromatic carbocycles. The maximum absolute atomic E-state index is 13.0. The molecule has 4 aliphatic rings. The van der Waals surface area contributed by atoms with Crippen LogP contribution in [-0.2, 0) is 41.3 Å². The summed E-state index contributed by atoms with van der Waals surface area (Å²) in [6, 6.07) is 0.605. The quantitative estimate of drug-likeness (QED) is 0.531. The van der Waals surface area contributed by atoms with Crippen LogP contribution in [0.5, 0.6) is 0 Å². The van der Waals surface area contributed by atoms with Gasteiger partial charge in [0.25, 0.3) is 10.0 Å². The lowest BCUT2D eigenvalue weighted by atomic mass is 9.76. The summed E-state index contributed by atoms with van der Waals surface area (Å²) < 4.78 is 35.1. The first kappa shape index (κ1) is 21.7. The average molecular weight is 535 g/mol. The smallest absolute Gasteiger partial charge is 0.333 e. The molecule has 2 bridgehead atoms. The number of aliphatic hydroxyl groups is 1. The van der Waals surface area contributed by atoms with Gasteiger partial charge in [0, 0.05) is 27.7 Å². The van der Waals surface area contributed by atoms with Crippen LogP contribution in [0.3, 0.4) is 0 Å². The lowest BCUT2D eigenvalue weighted by Gasteiger charge is -2.33. The zero-order valence-corrected chi connectivity index (χ0v) is 20.9. The molecule has 1 heterocycles. The standard InChI is InChI=1S/C24H27BrN2O5S/c1-24(29)13-9-8-12(10-13)22-18(24)11-19(32-22)33(30,31)27-23(28)26-21-16-6-2-4-14(16)20(25)15-5-3-7-17(15)21/h11-13,29H,2-10H2,1H3,(H2,26,27,28). The third kappa shape index (κ3) is 3.22. The van der Waals surface area contributed by atoms with E-state index in [2.05, 4.69) is 26.0 Å². The molecule has 0 spiro atoms. The maximum atomic E-state index is 13.0. The number of sulfonamides is 1. The monoisotopic (exact) mass is 534 g/mol. The van der Waals surface area contributed by atoms with E-state index in [1.165, 1.54) is 17.2 Å². The van der Waals surface area contributed by atoms with E-state index < -0.39 is 21.7 Å². The lowest BCUT2D eigenvalue weighted by Crippen LogP contribution is -2.35. The molecule has 3 atom stereocenters. The van der Waals surface area contributed by atoms with Crippen molar-refractivity contribution in [3.8, 4) is 0 Å². The molecule has 9 heteroatoms. The number of fused-ring (bicyclic) bond motifs is 6. The summed E-state index contributed by atoms with van der Waals surface area (Å²) in [4.78, 5) is 12.9. The van der Waals surface area contributed by atoms with E-state index in [1.807, 2.05) is 0 Å². The number of benzene rings is 1. The molecular weight excluding hydrogens is 508 g/mol. The third-order valence-corrected chi connectivity index (χ3v) is 10.3. The van der Waals surface area contributed by atoms with Crippen molar-refractivity contribution < 1.29 is 22.7 Å². The topological polar surface area (TPSA) is 109 Å². The number of rotatable bonds is 3. The number of urea groups is 1. The predicted octanol–water partition coefficient (Wildman–Crippen LogP) is 4.63. The van der Waals surface area contributed by atoms with E-state index in [4.69, 9.17) is 4.42 Å². The summed E-state index contributed by atoms with van der Waals surface area (Å²) in [6.07, 6.45) is 8.24. The van der Waals surface area contributed by atoms with Crippen LogP contribution in [0.1, 0.15) is 78.5 Å². The van der Waals surface area contributed by atoms with Crippen LogP contribution < -0.4 is 10.0 Å². The molecular formula is C24H27BrN2O5S. The zero-order chi connectivity index (χ0) is 23.1. The van der Waals surface area contributed by atoms with Gasteiger partial charge in [0.15, 0.2) is 0 Å². The molecule has 3 N–H and O–H groups in total. The van der Waals surface area contributed by atoms with Crippen molar-refractivity contribution in [2.75, 3.05) is 5.32 Å². The minimum Gasteiger partial charge on any atom is -0.447 e. The highest BCUT2D eigenvalue weighted by Gasteiger charge is 2.49. The number of hydrogen-bond donors (Lipinski definition) is 3. The van der Waals surface area contributed by atoms with Crippen LogP contribution in [0.25, 0.3) is 0 Å². The average Bonchev–Trinajstić information content (AvgIpc) is 3.53. The van der Waals surface area contributed by atoms with Gasteiger partial charge in [-0.2, -0.15) is 8.42 Å². The van der Waals surface area contributed by atoms with Crippen molar-refractivity contribution in [1.29, 1.82) is 0 Å². The number of carbonyl (C=O) groups is 1. The Labute approximate surface area is 201 Å². The Hall–Kier alpha value is -1.84. The van der Waals surface area contributed by atoms with Crippen molar-refractivity contribution >= 4 is 37.7 Å². The van der Waals surface area contributed by atoms with Crippen molar-refractivity contribution in [3.05, 3.63) is 44.1 Å². The van der Waals surface area contributed by atoms with Crippen LogP contribution in [0, 0.1) is 5.92 Å². The third-order valence-electron chi connectivity index (χ3n) is 8.18. The van der Waals surface area contributed by atoms with E-state index in [0.29, 0.717) is 11.3 Å². The van der Waals surface area contributed by atoms with Crippen molar-refractivity contribution in [2.45, 2.75) is 81.3 Å². The van der Waals surface area contributed by atoms with Gasteiger partial charge in [-0.15, -0.1) is 0 Å². The SMILES string of the molecule is CC1(O)c2cc(S(=O)(=O)NC(=O)Nc3c4c(c(Br)c5c3CCC5)CCC4)oc2C2CCC1C2. The van der Waals surface area contributed by atoms with Gasteiger partial charge in [0.2, 0.25) is 5.09 Å². The second-order valence-corrected chi connectivity index (χ2v) is 12.5. The summed E-state index contributed by atoms with van der Waals surface area (Å²) in [6.45, 7) is 1.72. The predicted molar refractivity (Wildman–Crippen MR) is 126 cm³/mol. The Morgan fingerprint density at radius 2 is 1.76 bits per heavy atom. The van der Waals surface area contributed by atoms with E-state index in [-0.39, 0.29) is 16.9 Å². The number of carbonyl (C=O) groups excluding carboxylic acids is 1. The van der Waals surface area contributed by atoms with Crippen LogP contribution in [0.15, 0.2) is 20.0 Å². The van der Waals surface area contributed by atoms with Crippen molar-refractivity contribution in [2.24, 2.45) is 5.92 Å². The Morgan fingerprint density at radius 3 is 2.42 bits per heavy atom. The molecule has 4 aliphatic carbocycles. The molecule has 6 rings (SSSR count). The molecule has 1 aromatic heterocycles. The molecule has 3 unspecified atom stereocenters. The molecule has 176 valence electrons. The van der Waals surface area contributed by atoms with Crippen LogP contribution in [0.4, 0.5) is 10.5 Å². The van der Waals surface area contributed by atoms with Gasteiger partial charge in [-0.3, -0.25) is 0 Å². The molecule has 0 aliphatic heterocycles. The van der Waals surface area contributed by atoms with Gasteiger partial charge < -0.3 is 14.8 Å². The summed E-state index contributed by atoms with van der Waals surface area (Å²) in [5.74, 6) is 0.759. The molecule has 1 fully saturated rings. The Morgan fingerprint density at radius 1 is 1.12 bits per heavy atom. The molecule has 7 nitrogen and oxygen atoms in total. The highest BCUT2D eigenvalue weighted by Crippen LogP contribution is 2.55. The number of hydrogen-bond acceptors (Lipinski definition) is 5. The number of halogens is 1. The lowest BCUT2D eigenvalue weighted by molar-refractivity contribution is -0.0115. The van der Waals surface area contributed by atoms with Crippen LogP contribution >= 0.6 is 15.9 Å². The normalized spacial score (nSPS) is 27.2. The first-order valence-electron chi connectivity index (χ1n) is 11.7. The van der Waals surface area contributed by atoms with Gasteiger partial charge in [-0.25, -0.2) is 9.52 Å². The fraction of sp³-hybridized carbons (Fsp3) is 0.542.